The van der Waals surface area contributed by atoms with Crippen molar-refractivity contribution in [1.82, 2.24) is 9.88 Å². The number of pyridine rings is 1. The van der Waals surface area contributed by atoms with E-state index in [1.54, 1.807) is 0 Å². The van der Waals surface area contributed by atoms with Gasteiger partial charge in [0.25, 0.3) is 0 Å². The highest BCUT2D eigenvalue weighted by atomic mass is 16.3. The molecule has 3 heteroatoms. The molecular weight excluding hydrogens is 176 g/mol. The SMILES string of the molecule is OC1CCN(Cc2ccccn2)CC1. The zero-order valence-corrected chi connectivity index (χ0v) is 8.26. The standard InChI is InChI=1S/C11H16N2O/c14-11-4-7-13(8-5-11)9-10-3-1-2-6-12-10/h1-3,6,11,14H,4-5,7-9H2. The van der Waals surface area contributed by atoms with E-state index in [9.17, 15) is 5.11 Å². The molecule has 1 fully saturated rings. The lowest BCUT2D eigenvalue weighted by atomic mass is 10.1. The zero-order valence-electron chi connectivity index (χ0n) is 8.26. The maximum atomic E-state index is 9.35. The van der Waals surface area contributed by atoms with E-state index in [2.05, 4.69) is 9.88 Å². The second-order valence-electron chi connectivity index (χ2n) is 3.83. The number of aromatic nitrogens is 1. The molecular formula is C11H16N2O. The number of piperidine rings is 1. The van der Waals surface area contributed by atoms with E-state index < -0.39 is 0 Å². The predicted octanol–water partition coefficient (Wildman–Crippen LogP) is 1.04. The summed E-state index contributed by atoms with van der Waals surface area (Å²) in [5.41, 5.74) is 1.11. The molecule has 1 aliphatic rings. The lowest BCUT2D eigenvalue weighted by Gasteiger charge is -2.28. The van der Waals surface area contributed by atoms with Crippen LogP contribution in [0.15, 0.2) is 24.4 Å². The van der Waals surface area contributed by atoms with Crippen LogP contribution in [-0.2, 0) is 6.54 Å². The Morgan fingerprint density at radius 3 is 2.79 bits per heavy atom. The number of aliphatic hydroxyl groups excluding tert-OH is 1. The molecule has 0 bridgehead atoms. The number of likely N-dealkylation sites (tertiary alicyclic amines) is 1. The lowest BCUT2D eigenvalue weighted by Crippen LogP contribution is -2.35. The second kappa shape index (κ2) is 4.53. The Hall–Kier alpha value is -0.930. The molecule has 3 nitrogen and oxygen atoms in total. The Kier molecular flexibility index (Phi) is 3.11. The van der Waals surface area contributed by atoms with Crippen LogP contribution in [0.2, 0.25) is 0 Å². The third kappa shape index (κ3) is 2.53. The van der Waals surface area contributed by atoms with Gasteiger partial charge in [0.1, 0.15) is 0 Å². The molecule has 1 saturated heterocycles. The molecule has 14 heavy (non-hydrogen) atoms. The molecule has 0 amide bonds. The van der Waals surface area contributed by atoms with E-state index in [0.29, 0.717) is 0 Å². The fourth-order valence-corrected chi connectivity index (χ4v) is 1.80. The molecule has 0 radical (unpaired) electrons. The van der Waals surface area contributed by atoms with E-state index in [-0.39, 0.29) is 6.10 Å². The molecule has 0 atom stereocenters. The average Bonchev–Trinajstić information content (AvgIpc) is 2.23. The van der Waals surface area contributed by atoms with Gasteiger partial charge in [-0.2, -0.15) is 0 Å². The summed E-state index contributed by atoms with van der Waals surface area (Å²) in [7, 11) is 0. The van der Waals surface area contributed by atoms with Gasteiger partial charge >= 0.3 is 0 Å². The van der Waals surface area contributed by atoms with E-state index in [0.717, 1.165) is 38.2 Å². The van der Waals surface area contributed by atoms with Gasteiger partial charge in [0, 0.05) is 25.8 Å². The monoisotopic (exact) mass is 192 g/mol. The molecule has 0 saturated carbocycles. The third-order valence-corrected chi connectivity index (χ3v) is 2.67. The third-order valence-electron chi connectivity index (χ3n) is 2.67. The summed E-state index contributed by atoms with van der Waals surface area (Å²) >= 11 is 0. The van der Waals surface area contributed by atoms with Gasteiger partial charge in [0.05, 0.1) is 11.8 Å². The normalized spacial score (nSPS) is 19.8. The van der Waals surface area contributed by atoms with Crippen LogP contribution in [0.5, 0.6) is 0 Å². The van der Waals surface area contributed by atoms with Crippen LogP contribution in [0.3, 0.4) is 0 Å². The van der Waals surface area contributed by atoms with E-state index in [1.165, 1.54) is 0 Å². The molecule has 0 spiro atoms. The van der Waals surface area contributed by atoms with Crippen LogP contribution in [0.25, 0.3) is 0 Å². The summed E-state index contributed by atoms with van der Waals surface area (Å²) in [6, 6.07) is 6.00. The van der Waals surface area contributed by atoms with Crippen molar-refractivity contribution in [3.63, 3.8) is 0 Å². The molecule has 0 aromatic carbocycles. The van der Waals surface area contributed by atoms with Crippen molar-refractivity contribution >= 4 is 0 Å². The molecule has 2 rings (SSSR count). The molecule has 76 valence electrons. The van der Waals surface area contributed by atoms with Crippen LogP contribution >= 0.6 is 0 Å². The number of hydrogen-bond donors (Lipinski definition) is 1. The van der Waals surface area contributed by atoms with Crippen molar-refractivity contribution in [3.8, 4) is 0 Å². The highest BCUT2D eigenvalue weighted by Crippen LogP contribution is 2.12. The Labute approximate surface area is 84.4 Å². The predicted molar refractivity (Wildman–Crippen MR) is 54.8 cm³/mol. The number of aliphatic hydroxyl groups is 1. The fraction of sp³-hybridized carbons (Fsp3) is 0.545. The molecule has 1 aromatic rings. The smallest absolute Gasteiger partial charge is 0.0564 e. The first-order chi connectivity index (χ1) is 6.84. The maximum Gasteiger partial charge on any atom is 0.0564 e. The Morgan fingerprint density at radius 2 is 2.14 bits per heavy atom. The summed E-state index contributed by atoms with van der Waals surface area (Å²) < 4.78 is 0. The van der Waals surface area contributed by atoms with Crippen molar-refractivity contribution in [2.45, 2.75) is 25.5 Å². The molecule has 1 aliphatic heterocycles. The molecule has 2 heterocycles. The largest absolute Gasteiger partial charge is 0.393 e. The summed E-state index contributed by atoms with van der Waals surface area (Å²) in [6.07, 6.45) is 3.53. The topological polar surface area (TPSA) is 36.4 Å². The first kappa shape index (κ1) is 9.62. The Balaban J connectivity index is 1.87. The molecule has 1 aromatic heterocycles. The van der Waals surface area contributed by atoms with Gasteiger partial charge in [0.2, 0.25) is 0 Å². The van der Waals surface area contributed by atoms with Crippen molar-refractivity contribution in [2.24, 2.45) is 0 Å². The van der Waals surface area contributed by atoms with E-state index in [1.807, 2.05) is 24.4 Å². The first-order valence-corrected chi connectivity index (χ1v) is 5.15. The van der Waals surface area contributed by atoms with Crippen LogP contribution < -0.4 is 0 Å². The Bertz CT molecular complexity index is 268. The lowest BCUT2D eigenvalue weighted by molar-refractivity contribution is 0.0787. The van der Waals surface area contributed by atoms with Gasteiger partial charge in [-0.05, 0) is 25.0 Å². The van der Waals surface area contributed by atoms with Gasteiger partial charge in [0.15, 0.2) is 0 Å². The molecule has 1 N–H and O–H groups in total. The zero-order chi connectivity index (χ0) is 9.80. The number of rotatable bonds is 2. The van der Waals surface area contributed by atoms with Crippen LogP contribution in [-0.4, -0.2) is 34.2 Å². The summed E-state index contributed by atoms with van der Waals surface area (Å²) in [4.78, 5) is 6.63. The van der Waals surface area contributed by atoms with Crippen molar-refractivity contribution in [3.05, 3.63) is 30.1 Å². The number of nitrogens with zero attached hydrogens (tertiary/aromatic N) is 2. The van der Waals surface area contributed by atoms with E-state index in [4.69, 9.17) is 0 Å². The fourth-order valence-electron chi connectivity index (χ4n) is 1.80. The van der Waals surface area contributed by atoms with Gasteiger partial charge in [-0.15, -0.1) is 0 Å². The van der Waals surface area contributed by atoms with Crippen molar-refractivity contribution in [1.29, 1.82) is 0 Å². The van der Waals surface area contributed by atoms with Crippen molar-refractivity contribution in [2.75, 3.05) is 13.1 Å². The van der Waals surface area contributed by atoms with E-state index >= 15 is 0 Å². The van der Waals surface area contributed by atoms with Crippen LogP contribution in [0, 0.1) is 0 Å². The van der Waals surface area contributed by atoms with Crippen LogP contribution in [0.1, 0.15) is 18.5 Å². The highest BCUT2D eigenvalue weighted by molar-refractivity contribution is 5.03. The first-order valence-electron chi connectivity index (χ1n) is 5.15. The quantitative estimate of drug-likeness (QED) is 0.760. The van der Waals surface area contributed by atoms with Crippen LogP contribution in [0.4, 0.5) is 0 Å². The molecule has 0 aliphatic carbocycles. The average molecular weight is 192 g/mol. The maximum absolute atomic E-state index is 9.35. The number of hydrogen-bond acceptors (Lipinski definition) is 3. The summed E-state index contributed by atoms with van der Waals surface area (Å²) in [6.45, 7) is 2.88. The van der Waals surface area contributed by atoms with Gasteiger partial charge in [-0.1, -0.05) is 6.07 Å². The minimum atomic E-state index is -0.0880. The Morgan fingerprint density at radius 1 is 1.36 bits per heavy atom. The summed E-state index contributed by atoms with van der Waals surface area (Å²) in [5.74, 6) is 0. The second-order valence-corrected chi connectivity index (χ2v) is 3.83. The highest BCUT2D eigenvalue weighted by Gasteiger charge is 2.16. The van der Waals surface area contributed by atoms with Crippen molar-refractivity contribution < 1.29 is 5.11 Å². The minimum absolute atomic E-state index is 0.0880. The van der Waals surface area contributed by atoms with Gasteiger partial charge in [-0.3, -0.25) is 9.88 Å². The molecule has 0 unspecified atom stereocenters. The van der Waals surface area contributed by atoms with Gasteiger partial charge < -0.3 is 5.11 Å². The summed E-state index contributed by atoms with van der Waals surface area (Å²) in [5, 5.41) is 9.35. The minimum Gasteiger partial charge on any atom is -0.393 e. The van der Waals surface area contributed by atoms with Gasteiger partial charge in [-0.25, -0.2) is 0 Å².